The highest BCUT2D eigenvalue weighted by molar-refractivity contribution is 5.07. The molecule has 0 unspecified atom stereocenters. The van der Waals surface area contributed by atoms with Crippen molar-refractivity contribution in [2.45, 2.75) is 6.92 Å². The highest BCUT2D eigenvalue weighted by Crippen LogP contribution is 1.94. The van der Waals surface area contributed by atoms with Crippen molar-refractivity contribution in [2.24, 2.45) is 5.73 Å². The third-order valence-corrected chi connectivity index (χ3v) is 1.15. The van der Waals surface area contributed by atoms with Crippen molar-refractivity contribution in [3.05, 3.63) is 24.0 Å². The molecule has 2 nitrogen and oxygen atoms in total. The Kier molecular flexibility index (Phi) is 3.60. The van der Waals surface area contributed by atoms with Crippen molar-refractivity contribution in [3.8, 4) is 0 Å². The lowest BCUT2D eigenvalue weighted by Crippen LogP contribution is -2.07. The van der Waals surface area contributed by atoms with Crippen LogP contribution >= 0.6 is 0 Å². The van der Waals surface area contributed by atoms with E-state index in [9.17, 15) is 0 Å². The molecule has 2 heteroatoms. The minimum atomic E-state index is 1.19. The second kappa shape index (κ2) is 4.01. The first-order chi connectivity index (χ1) is 4.18. The van der Waals surface area contributed by atoms with Gasteiger partial charge in [0.15, 0.2) is 0 Å². The predicted molar refractivity (Wildman–Crippen MR) is 40.8 cm³/mol. The molecule has 0 saturated carbocycles. The minimum absolute atomic E-state index is 1.19. The molecule has 0 atom stereocenters. The summed E-state index contributed by atoms with van der Waals surface area (Å²) >= 11 is 0. The SMILES string of the molecule is C/C(=C\C=C/N)N(C)C. The molecular weight excluding hydrogens is 112 g/mol. The highest BCUT2D eigenvalue weighted by Gasteiger charge is 1.84. The van der Waals surface area contributed by atoms with Gasteiger partial charge in [0.1, 0.15) is 0 Å². The lowest BCUT2D eigenvalue weighted by Gasteiger charge is -2.10. The van der Waals surface area contributed by atoms with Gasteiger partial charge in [-0.05, 0) is 25.3 Å². The fourth-order valence-electron chi connectivity index (χ4n) is 0.344. The fourth-order valence-corrected chi connectivity index (χ4v) is 0.344. The Balaban J connectivity index is 3.84. The van der Waals surface area contributed by atoms with E-state index in [1.807, 2.05) is 38.1 Å². The summed E-state index contributed by atoms with van der Waals surface area (Å²) in [6, 6.07) is 0. The molecule has 0 aromatic heterocycles. The van der Waals surface area contributed by atoms with Crippen LogP contribution in [0.15, 0.2) is 24.0 Å². The molecule has 52 valence electrons. The monoisotopic (exact) mass is 126 g/mol. The maximum Gasteiger partial charge on any atom is 0.00963 e. The van der Waals surface area contributed by atoms with E-state index in [0.29, 0.717) is 0 Å². The Labute approximate surface area is 56.6 Å². The molecule has 0 fully saturated rings. The average molecular weight is 126 g/mol. The maximum absolute atomic E-state index is 5.13. The largest absolute Gasteiger partial charge is 0.405 e. The molecule has 2 N–H and O–H groups in total. The van der Waals surface area contributed by atoms with Crippen molar-refractivity contribution in [2.75, 3.05) is 14.1 Å². The standard InChI is InChI=1S/C7H14N2/c1-7(9(2)3)5-4-6-8/h4-6H,8H2,1-3H3/b6-4-,7-5+. The van der Waals surface area contributed by atoms with E-state index >= 15 is 0 Å². The molecule has 0 aliphatic rings. The molecule has 9 heavy (non-hydrogen) atoms. The summed E-state index contributed by atoms with van der Waals surface area (Å²) in [5.41, 5.74) is 6.32. The van der Waals surface area contributed by atoms with E-state index in [-0.39, 0.29) is 0 Å². The van der Waals surface area contributed by atoms with Gasteiger partial charge in [0.25, 0.3) is 0 Å². The molecule has 0 rings (SSSR count). The first kappa shape index (κ1) is 8.08. The Morgan fingerprint density at radius 3 is 2.33 bits per heavy atom. The van der Waals surface area contributed by atoms with Gasteiger partial charge in [0.05, 0.1) is 0 Å². The first-order valence-electron chi connectivity index (χ1n) is 2.91. The van der Waals surface area contributed by atoms with E-state index in [1.54, 1.807) is 0 Å². The van der Waals surface area contributed by atoms with Gasteiger partial charge in [0.2, 0.25) is 0 Å². The average Bonchev–Trinajstić information content (AvgIpc) is 1.82. The van der Waals surface area contributed by atoms with Crippen molar-refractivity contribution in [1.82, 2.24) is 4.90 Å². The first-order valence-corrected chi connectivity index (χ1v) is 2.91. The molecule has 0 aromatic rings. The molecule has 0 heterocycles. The minimum Gasteiger partial charge on any atom is -0.405 e. The van der Waals surface area contributed by atoms with Gasteiger partial charge >= 0.3 is 0 Å². The summed E-state index contributed by atoms with van der Waals surface area (Å²) in [6.07, 6.45) is 5.29. The van der Waals surface area contributed by atoms with Gasteiger partial charge in [-0.1, -0.05) is 0 Å². The smallest absolute Gasteiger partial charge is 0.00963 e. The van der Waals surface area contributed by atoms with Gasteiger partial charge in [0, 0.05) is 19.8 Å². The molecule has 0 radical (unpaired) electrons. The van der Waals surface area contributed by atoms with Gasteiger partial charge in [-0.3, -0.25) is 0 Å². The predicted octanol–water partition coefficient (Wildman–Crippen LogP) is 0.924. The third-order valence-electron chi connectivity index (χ3n) is 1.15. The highest BCUT2D eigenvalue weighted by atomic mass is 15.1. The van der Waals surface area contributed by atoms with Gasteiger partial charge in [-0.15, -0.1) is 0 Å². The Morgan fingerprint density at radius 2 is 2.00 bits per heavy atom. The van der Waals surface area contributed by atoms with Crippen LogP contribution in [-0.4, -0.2) is 19.0 Å². The van der Waals surface area contributed by atoms with Crippen LogP contribution in [0.5, 0.6) is 0 Å². The topological polar surface area (TPSA) is 29.3 Å². The van der Waals surface area contributed by atoms with Crippen molar-refractivity contribution in [3.63, 3.8) is 0 Å². The van der Waals surface area contributed by atoms with Gasteiger partial charge in [-0.2, -0.15) is 0 Å². The summed E-state index contributed by atoms with van der Waals surface area (Å²) in [6.45, 7) is 2.03. The number of nitrogens with zero attached hydrogens (tertiary/aromatic N) is 1. The lowest BCUT2D eigenvalue weighted by molar-refractivity contribution is 0.514. The third kappa shape index (κ3) is 3.64. The van der Waals surface area contributed by atoms with E-state index in [4.69, 9.17) is 5.73 Å². The molecule has 0 aliphatic heterocycles. The Hall–Kier alpha value is -0.920. The number of allylic oxidation sites excluding steroid dienone is 3. The zero-order valence-corrected chi connectivity index (χ0v) is 6.26. The number of nitrogens with two attached hydrogens (primary N) is 1. The van der Waals surface area contributed by atoms with Gasteiger partial charge in [-0.25, -0.2) is 0 Å². The van der Waals surface area contributed by atoms with E-state index in [2.05, 4.69) is 0 Å². The second-order valence-corrected chi connectivity index (χ2v) is 2.09. The summed E-state index contributed by atoms with van der Waals surface area (Å²) in [5.74, 6) is 0. The van der Waals surface area contributed by atoms with E-state index in [0.717, 1.165) is 0 Å². The molecule has 0 amide bonds. The number of hydrogen-bond acceptors (Lipinski definition) is 2. The quantitative estimate of drug-likeness (QED) is 0.557. The fraction of sp³-hybridized carbons (Fsp3) is 0.429. The zero-order valence-electron chi connectivity index (χ0n) is 6.26. The molecule has 0 aliphatic carbocycles. The van der Waals surface area contributed by atoms with E-state index < -0.39 is 0 Å². The van der Waals surface area contributed by atoms with Crippen LogP contribution in [0.4, 0.5) is 0 Å². The van der Waals surface area contributed by atoms with Crippen LogP contribution in [-0.2, 0) is 0 Å². The number of rotatable bonds is 2. The van der Waals surface area contributed by atoms with Crippen molar-refractivity contribution in [1.29, 1.82) is 0 Å². The summed E-state index contributed by atoms with van der Waals surface area (Å²) in [5, 5.41) is 0. The molecule has 0 bridgehead atoms. The van der Waals surface area contributed by atoms with Crippen molar-refractivity contribution < 1.29 is 0 Å². The maximum atomic E-state index is 5.13. The van der Waals surface area contributed by atoms with Crippen molar-refractivity contribution >= 4 is 0 Å². The molecule has 0 aromatic carbocycles. The number of hydrogen-bond donors (Lipinski definition) is 1. The van der Waals surface area contributed by atoms with Gasteiger partial charge < -0.3 is 10.6 Å². The van der Waals surface area contributed by atoms with Crippen LogP contribution < -0.4 is 5.73 Å². The second-order valence-electron chi connectivity index (χ2n) is 2.09. The summed E-state index contributed by atoms with van der Waals surface area (Å²) in [4.78, 5) is 2.03. The lowest BCUT2D eigenvalue weighted by atomic mass is 10.4. The van der Waals surface area contributed by atoms with Crippen LogP contribution in [0.3, 0.4) is 0 Å². The summed E-state index contributed by atoms with van der Waals surface area (Å²) < 4.78 is 0. The molecule has 0 saturated heterocycles. The van der Waals surface area contributed by atoms with E-state index in [1.165, 1.54) is 11.9 Å². The summed E-state index contributed by atoms with van der Waals surface area (Å²) in [7, 11) is 3.99. The Bertz CT molecular complexity index is 123. The zero-order chi connectivity index (χ0) is 7.28. The molecule has 0 spiro atoms. The van der Waals surface area contributed by atoms with Crippen LogP contribution in [0, 0.1) is 0 Å². The Morgan fingerprint density at radius 1 is 1.44 bits per heavy atom. The van der Waals surface area contributed by atoms with Crippen LogP contribution in [0.2, 0.25) is 0 Å². The van der Waals surface area contributed by atoms with Crippen LogP contribution in [0.25, 0.3) is 0 Å². The van der Waals surface area contributed by atoms with Crippen LogP contribution in [0.1, 0.15) is 6.92 Å². The normalized spacial score (nSPS) is 12.6. The molecular formula is C7H14N2.